The van der Waals surface area contributed by atoms with Gasteiger partial charge in [0.25, 0.3) is 0 Å². The SMILES string of the molecule is C1=CN=NC2CNNC2=C1. The van der Waals surface area contributed by atoms with Gasteiger partial charge in [-0.1, -0.05) is 0 Å². The third-order valence-electron chi connectivity index (χ3n) is 1.52. The average molecular weight is 136 g/mol. The van der Waals surface area contributed by atoms with Crippen LogP contribution in [0.25, 0.3) is 0 Å². The van der Waals surface area contributed by atoms with Crippen molar-refractivity contribution >= 4 is 0 Å². The van der Waals surface area contributed by atoms with Crippen LogP contribution in [0, 0.1) is 0 Å². The fourth-order valence-electron chi connectivity index (χ4n) is 1.00. The van der Waals surface area contributed by atoms with Crippen molar-refractivity contribution in [2.45, 2.75) is 6.04 Å². The van der Waals surface area contributed by atoms with Gasteiger partial charge in [-0.25, -0.2) is 5.43 Å². The number of nitrogens with one attached hydrogen (secondary N) is 2. The first-order valence-corrected chi connectivity index (χ1v) is 3.22. The summed E-state index contributed by atoms with van der Waals surface area (Å²) in [6.45, 7) is 0.830. The van der Waals surface area contributed by atoms with Crippen molar-refractivity contribution in [1.29, 1.82) is 0 Å². The fraction of sp³-hybridized carbons (Fsp3) is 0.333. The summed E-state index contributed by atoms with van der Waals surface area (Å²) in [6, 6.07) is 0.190. The smallest absolute Gasteiger partial charge is 0.126 e. The Morgan fingerprint density at radius 1 is 1.60 bits per heavy atom. The Labute approximate surface area is 58.7 Å². The minimum Gasteiger partial charge on any atom is -0.323 e. The molecule has 0 amide bonds. The molecule has 0 aromatic rings. The van der Waals surface area contributed by atoms with Gasteiger partial charge in [0.2, 0.25) is 0 Å². The maximum Gasteiger partial charge on any atom is 0.126 e. The van der Waals surface area contributed by atoms with Crippen LogP contribution in [0.15, 0.2) is 34.3 Å². The summed E-state index contributed by atoms with van der Waals surface area (Å²) in [5, 5.41) is 7.86. The molecule has 0 bridgehead atoms. The summed E-state index contributed by atoms with van der Waals surface area (Å²) in [4.78, 5) is 0. The Bertz CT molecular complexity index is 216. The molecule has 2 rings (SSSR count). The van der Waals surface area contributed by atoms with E-state index in [0.29, 0.717) is 0 Å². The van der Waals surface area contributed by atoms with Gasteiger partial charge >= 0.3 is 0 Å². The molecule has 0 saturated carbocycles. The monoisotopic (exact) mass is 136 g/mol. The second kappa shape index (κ2) is 2.22. The number of rotatable bonds is 0. The number of hydrazine groups is 1. The van der Waals surface area contributed by atoms with Crippen LogP contribution in [0.3, 0.4) is 0 Å². The Morgan fingerprint density at radius 2 is 2.60 bits per heavy atom. The van der Waals surface area contributed by atoms with Crippen molar-refractivity contribution in [3.63, 3.8) is 0 Å². The highest BCUT2D eigenvalue weighted by molar-refractivity contribution is 5.20. The summed E-state index contributed by atoms with van der Waals surface area (Å²) in [5.74, 6) is 0. The molecule has 1 unspecified atom stereocenters. The van der Waals surface area contributed by atoms with Gasteiger partial charge in [-0.05, 0) is 12.2 Å². The highest BCUT2D eigenvalue weighted by Crippen LogP contribution is 2.10. The third kappa shape index (κ3) is 0.823. The first-order valence-electron chi connectivity index (χ1n) is 3.22. The predicted octanol–water partition coefficient (Wildman–Crippen LogP) is 0.326. The van der Waals surface area contributed by atoms with Crippen molar-refractivity contribution in [3.05, 3.63) is 24.0 Å². The number of nitrogens with zero attached hydrogens (tertiary/aromatic N) is 2. The standard InChI is InChI=1S/C6H8N4/c1-2-5-6(4-8-9-5)10-7-3-1/h1-3,6,8-9H,4H2. The second-order valence-corrected chi connectivity index (χ2v) is 2.22. The number of hydrogen-bond donors (Lipinski definition) is 2. The van der Waals surface area contributed by atoms with Gasteiger partial charge in [0.15, 0.2) is 0 Å². The van der Waals surface area contributed by atoms with E-state index in [1.807, 2.05) is 12.2 Å². The Morgan fingerprint density at radius 3 is 3.60 bits per heavy atom. The van der Waals surface area contributed by atoms with Crippen LogP contribution in [0.4, 0.5) is 0 Å². The van der Waals surface area contributed by atoms with E-state index < -0.39 is 0 Å². The summed E-state index contributed by atoms with van der Waals surface area (Å²) in [5.41, 5.74) is 7.09. The minimum absolute atomic E-state index is 0.190. The maximum atomic E-state index is 4.03. The lowest BCUT2D eigenvalue weighted by Crippen LogP contribution is -2.20. The Balaban J connectivity index is 2.29. The normalized spacial score (nSPS) is 28.8. The summed E-state index contributed by atoms with van der Waals surface area (Å²) < 4.78 is 0. The molecular formula is C6H8N4. The van der Waals surface area contributed by atoms with Gasteiger partial charge in [0, 0.05) is 12.7 Å². The van der Waals surface area contributed by atoms with Gasteiger partial charge < -0.3 is 5.43 Å². The van der Waals surface area contributed by atoms with Crippen LogP contribution in [0.2, 0.25) is 0 Å². The number of azo groups is 1. The minimum atomic E-state index is 0.190. The van der Waals surface area contributed by atoms with E-state index in [1.165, 1.54) is 0 Å². The maximum absolute atomic E-state index is 4.03. The largest absolute Gasteiger partial charge is 0.323 e. The molecule has 0 aromatic carbocycles. The zero-order chi connectivity index (χ0) is 6.81. The van der Waals surface area contributed by atoms with E-state index in [9.17, 15) is 0 Å². The van der Waals surface area contributed by atoms with Crippen molar-refractivity contribution in [1.82, 2.24) is 10.9 Å². The summed E-state index contributed by atoms with van der Waals surface area (Å²) >= 11 is 0. The lowest BCUT2D eigenvalue weighted by Gasteiger charge is -1.98. The quantitative estimate of drug-likeness (QED) is 0.504. The molecule has 0 aromatic heterocycles. The van der Waals surface area contributed by atoms with E-state index in [4.69, 9.17) is 0 Å². The number of hydrogen-bond acceptors (Lipinski definition) is 4. The molecule has 4 heteroatoms. The lowest BCUT2D eigenvalue weighted by atomic mass is 10.2. The van der Waals surface area contributed by atoms with Crippen LogP contribution in [-0.2, 0) is 0 Å². The number of allylic oxidation sites excluding steroid dienone is 2. The molecule has 4 nitrogen and oxygen atoms in total. The van der Waals surface area contributed by atoms with Crippen LogP contribution < -0.4 is 10.9 Å². The van der Waals surface area contributed by atoms with Crippen molar-refractivity contribution < 1.29 is 0 Å². The Kier molecular flexibility index (Phi) is 1.25. The van der Waals surface area contributed by atoms with Gasteiger partial charge in [0.1, 0.15) is 6.04 Å². The van der Waals surface area contributed by atoms with E-state index in [1.54, 1.807) is 6.20 Å². The number of fused-ring (bicyclic) bond motifs is 1. The van der Waals surface area contributed by atoms with Crippen molar-refractivity contribution in [2.75, 3.05) is 6.54 Å². The molecule has 2 aliphatic heterocycles. The Hall–Kier alpha value is -1.16. The lowest BCUT2D eigenvalue weighted by molar-refractivity contribution is 0.702. The zero-order valence-corrected chi connectivity index (χ0v) is 5.41. The molecule has 1 atom stereocenters. The first-order chi connectivity index (χ1) is 4.97. The second-order valence-electron chi connectivity index (χ2n) is 2.22. The molecule has 52 valence electrons. The van der Waals surface area contributed by atoms with Gasteiger partial charge in [-0.3, -0.25) is 0 Å². The topological polar surface area (TPSA) is 48.8 Å². The van der Waals surface area contributed by atoms with Crippen molar-refractivity contribution in [3.8, 4) is 0 Å². The highest BCUT2D eigenvalue weighted by atomic mass is 15.4. The van der Waals surface area contributed by atoms with Crippen LogP contribution in [0.1, 0.15) is 0 Å². The molecule has 0 aliphatic carbocycles. The molecule has 0 spiro atoms. The third-order valence-corrected chi connectivity index (χ3v) is 1.52. The summed E-state index contributed by atoms with van der Waals surface area (Å²) in [6.07, 6.45) is 5.54. The molecule has 1 fully saturated rings. The summed E-state index contributed by atoms with van der Waals surface area (Å²) in [7, 11) is 0. The first kappa shape index (κ1) is 5.61. The fourth-order valence-corrected chi connectivity index (χ4v) is 1.00. The molecular weight excluding hydrogens is 128 g/mol. The van der Waals surface area contributed by atoms with Crippen LogP contribution >= 0.6 is 0 Å². The zero-order valence-electron chi connectivity index (χ0n) is 5.41. The molecule has 1 saturated heterocycles. The average Bonchev–Trinajstić information content (AvgIpc) is 2.28. The van der Waals surface area contributed by atoms with Gasteiger partial charge in [0.05, 0.1) is 5.70 Å². The van der Waals surface area contributed by atoms with E-state index >= 15 is 0 Å². The van der Waals surface area contributed by atoms with E-state index in [-0.39, 0.29) is 6.04 Å². The van der Waals surface area contributed by atoms with Crippen LogP contribution in [-0.4, -0.2) is 12.6 Å². The molecule has 10 heavy (non-hydrogen) atoms. The van der Waals surface area contributed by atoms with Crippen molar-refractivity contribution in [2.24, 2.45) is 10.2 Å². The van der Waals surface area contributed by atoms with E-state index in [0.717, 1.165) is 12.2 Å². The van der Waals surface area contributed by atoms with Crippen LogP contribution in [0.5, 0.6) is 0 Å². The predicted molar refractivity (Wildman–Crippen MR) is 37.0 cm³/mol. The molecule has 0 radical (unpaired) electrons. The van der Waals surface area contributed by atoms with E-state index in [2.05, 4.69) is 21.1 Å². The molecule has 2 heterocycles. The van der Waals surface area contributed by atoms with Gasteiger partial charge in [-0.15, -0.1) is 0 Å². The highest BCUT2D eigenvalue weighted by Gasteiger charge is 2.19. The molecule has 2 N–H and O–H groups in total. The molecule has 2 aliphatic rings. The van der Waals surface area contributed by atoms with Gasteiger partial charge in [-0.2, -0.15) is 10.2 Å².